The van der Waals surface area contributed by atoms with Crippen molar-refractivity contribution in [2.24, 2.45) is 0 Å². The number of anilines is 3. The molecule has 12 rings (SSSR count). The fourth-order valence-electron chi connectivity index (χ4n) is 9.22. The minimum Gasteiger partial charge on any atom is -0.455 e. The predicted molar refractivity (Wildman–Crippen MR) is 245 cm³/mol. The second kappa shape index (κ2) is 12.7. The molecule has 0 N–H and O–H groups in total. The molecule has 0 aliphatic rings. The Hall–Kier alpha value is -7.20. The van der Waals surface area contributed by atoms with Gasteiger partial charge < -0.3 is 9.32 Å². The molecule has 0 saturated carbocycles. The van der Waals surface area contributed by atoms with Gasteiger partial charge in [0.2, 0.25) is 0 Å². The van der Waals surface area contributed by atoms with Gasteiger partial charge in [0.25, 0.3) is 0 Å². The summed E-state index contributed by atoms with van der Waals surface area (Å²) in [5.41, 5.74) is 9.92. The van der Waals surface area contributed by atoms with Gasteiger partial charge in [-0.25, -0.2) is 0 Å². The summed E-state index contributed by atoms with van der Waals surface area (Å²) >= 11 is 1.85. The van der Waals surface area contributed by atoms with Crippen molar-refractivity contribution in [3.63, 3.8) is 0 Å². The number of hydrogen-bond acceptors (Lipinski definition) is 3. The topological polar surface area (TPSA) is 16.4 Å². The number of rotatable bonds is 5. The first-order valence-corrected chi connectivity index (χ1v) is 20.2. The first-order chi connectivity index (χ1) is 28.3. The standard InChI is InChI=1S/C54H33NOS/c1-2-16-35(17-3-1)50-41-23-8-6-21-39(41)40-22-7-9-24-42(40)51(50)36-18-12-19-37(33-36)55(46-27-14-30-49-53(46)43-25-10-11-29-48(43)57-49)45-26-13-28-47-52(45)44-32-31-34-15-4-5-20-38(34)54(44)56-47/h1-33H. The number of fused-ring (bicyclic) bond motifs is 11. The molecular weight excluding hydrogens is 711 g/mol. The molecule has 0 bridgehead atoms. The van der Waals surface area contributed by atoms with E-state index in [9.17, 15) is 0 Å². The summed E-state index contributed by atoms with van der Waals surface area (Å²) in [5.74, 6) is 0. The Bertz CT molecular complexity index is 3540. The summed E-state index contributed by atoms with van der Waals surface area (Å²) in [6.45, 7) is 0. The van der Waals surface area contributed by atoms with Gasteiger partial charge >= 0.3 is 0 Å². The summed E-state index contributed by atoms with van der Waals surface area (Å²) in [6.07, 6.45) is 0. The predicted octanol–water partition coefficient (Wildman–Crippen LogP) is 16.2. The van der Waals surface area contributed by atoms with E-state index in [1.807, 2.05) is 11.3 Å². The molecule has 0 aliphatic carbocycles. The maximum atomic E-state index is 6.79. The van der Waals surface area contributed by atoms with Gasteiger partial charge in [-0.05, 0) is 97.7 Å². The second-order valence-corrected chi connectivity index (χ2v) is 15.8. The fourth-order valence-corrected chi connectivity index (χ4v) is 10.3. The van der Waals surface area contributed by atoms with E-state index in [-0.39, 0.29) is 0 Å². The lowest BCUT2D eigenvalue weighted by Gasteiger charge is -2.28. The van der Waals surface area contributed by atoms with Crippen LogP contribution in [0.5, 0.6) is 0 Å². The number of thiophene rings is 1. The third kappa shape index (κ3) is 4.89. The third-order valence-corrected chi connectivity index (χ3v) is 12.8. The summed E-state index contributed by atoms with van der Waals surface area (Å²) in [4.78, 5) is 2.48. The molecular formula is C54H33NOS. The van der Waals surface area contributed by atoms with Crippen molar-refractivity contribution in [1.82, 2.24) is 0 Å². The summed E-state index contributed by atoms with van der Waals surface area (Å²) in [5, 5.41) is 12.0. The van der Waals surface area contributed by atoms with E-state index in [0.29, 0.717) is 0 Å². The minimum absolute atomic E-state index is 0.870. The maximum Gasteiger partial charge on any atom is 0.143 e. The lowest BCUT2D eigenvalue weighted by atomic mass is 9.85. The molecule has 266 valence electrons. The van der Waals surface area contributed by atoms with Gasteiger partial charge in [0.1, 0.15) is 11.2 Å². The van der Waals surface area contributed by atoms with Gasteiger partial charge in [0.15, 0.2) is 0 Å². The Morgan fingerprint density at radius 1 is 0.368 bits per heavy atom. The molecule has 0 saturated heterocycles. The summed E-state index contributed by atoms with van der Waals surface area (Å²) in [7, 11) is 0. The van der Waals surface area contributed by atoms with Crippen molar-refractivity contribution in [2.75, 3.05) is 4.90 Å². The first-order valence-electron chi connectivity index (χ1n) is 19.4. The molecule has 0 atom stereocenters. The van der Waals surface area contributed by atoms with Crippen LogP contribution in [0, 0.1) is 0 Å². The molecule has 0 amide bonds. The molecule has 0 unspecified atom stereocenters. The van der Waals surface area contributed by atoms with Crippen LogP contribution in [0.3, 0.4) is 0 Å². The summed E-state index contributed by atoms with van der Waals surface area (Å²) in [6, 6.07) is 72.8. The maximum absolute atomic E-state index is 6.79. The van der Waals surface area contributed by atoms with E-state index in [1.165, 1.54) is 63.8 Å². The smallest absolute Gasteiger partial charge is 0.143 e. The van der Waals surface area contributed by atoms with Crippen LogP contribution >= 0.6 is 11.3 Å². The first kappa shape index (κ1) is 32.1. The Morgan fingerprint density at radius 2 is 0.947 bits per heavy atom. The monoisotopic (exact) mass is 743 g/mol. The van der Waals surface area contributed by atoms with Crippen molar-refractivity contribution in [3.05, 3.63) is 200 Å². The van der Waals surface area contributed by atoms with Gasteiger partial charge in [0.05, 0.1) is 16.8 Å². The third-order valence-electron chi connectivity index (χ3n) is 11.6. The molecule has 2 aromatic heterocycles. The van der Waals surface area contributed by atoms with Gasteiger partial charge in [-0.15, -0.1) is 11.3 Å². The quantitative estimate of drug-likeness (QED) is 0.163. The Balaban J connectivity index is 1.19. The van der Waals surface area contributed by atoms with Gasteiger partial charge in [-0.3, -0.25) is 0 Å². The van der Waals surface area contributed by atoms with Crippen LogP contribution in [0.1, 0.15) is 0 Å². The van der Waals surface area contributed by atoms with Crippen LogP contribution in [-0.4, -0.2) is 0 Å². The lowest BCUT2D eigenvalue weighted by Crippen LogP contribution is -2.11. The molecule has 0 radical (unpaired) electrons. The largest absolute Gasteiger partial charge is 0.455 e. The van der Waals surface area contributed by atoms with Crippen molar-refractivity contribution in [3.8, 4) is 22.3 Å². The highest BCUT2D eigenvalue weighted by Gasteiger charge is 2.24. The highest BCUT2D eigenvalue weighted by atomic mass is 32.1. The molecule has 3 heteroatoms. The normalized spacial score (nSPS) is 11.9. The fraction of sp³-hybridized carbons (Fsp3) is 0. The molecule has 12 aromatic rings. The van der Waals surface area contributed by atoms with E-state index in [4.69, 9.17) is 4.42 Å². The molecule has 2 heterocycles. The second-order valence-electron chi connectivity index (χ2n) is 14.8. The van der Waals surface area contributed by atoms with E-state index in [2.05, 4.69) is 205 Å². The number of benzene rings is 10. The molecule has 0 fully saturated rings. The molecule has 57 heavy (non-hydrogen) atoms. The van der Waals surface area contributed by atoms with Crippen LogP contribution < -0.4 is 4.90 Å². The van der Waals surface area contributed by atoms with E-state index in [0.717, 1.165) is 50.0 Å². The highest BCUT2D eigenvalue weighted by molar-refractivity contribution is 7.26. The average molecular weight is 744 g/mol. The zero-order valence-corrected chi connectivity index (χ0v) is 31.6. The van der Waals surface area contributed by atoms with Crippen LogP contribution in [0.15, 0.2) is 205 Å². The van der Waals surface area contributed by atoms with Gasteiger partial charge in [-0.2, -0.15) is 0 Å². The molecule has 10 aromatic carbocycles. The van der Waals surface area contributed by atoms with Crippen molar-refractivity contribution in [1.29, 1.82) is 0 Å². The van der Waals surface area contributed by atoms with E-state index in [1.54, 1.807) is 0 Å². The molecule has 0 aliphatic heterocycles. The Labute approximate surface area is 333 Å². The zero-order valence-electron chi connectivity index (χ0n) is 30.8. The summed E-state index contributed by atoms with van der Waals surface area (Å²) < 4.78 is 9.33. The van der Waals surface area contributed by atoms with Crippen LogP contribution in [0.4, 0.5) is 17.1 Å². The zero-order chi connectivity index (χ0) is 37.5. The number of nitrogens with zero attached hydrogens (tertiary/aromatic N) is 1. The Morgan fingerprint density at radius 3 is 1.74 bits per heavy atom. The van der Waals surface area contributed by atoms with Gasteiger partial charge in [-0.1, -0.05) is 152 Å². The highest BCUT2D eigenvalue weighted by Crippen LogP contribution is 2.50. The van der Waals surface area contributed by atoms with Crippen molar-refractivity contribution >= 4 is 103 Å². The number of hydrogen-bond donors (Lipinski definition) is 0. The number of furan rings is 1. The minimum atomic E-state index is 0.870. The van der Waals surface area contributed by atoms with E-state index < -0.39 is 0 Å². The Kier molecular flexibility index (Phi) is 7.13. The molecule has 2 nitrogen and oxygen atoms in total. The lowest BCUT2D eigenvalue weighted by molar-refractivity contribution is 0.672. The van der Waals surface area contributed by atoms with E-state index >= 15 is 0 Å². The van der Waals surface area contributed by atoms with Crippen LogP contribution in [0.25, 0.3) is 96.7 Å². The van der Waals surface area contributed by atoms with Crippen molar-refractivity contribution in [2.45, 2.75) is 0 Å². The van der Waals surface area contributed by atoms with Gasteiger partial charge in [0, 0.05) is 36.6 Å². The molecule has 0 spiro atoms. The SMILES string of the molecule is c1ccc(-c2c(-c3cccc(N(c4cccc5oc6c7ccccc7ccc6c45)c4cccc5sc6ccccc6c45)c3)c3ccccc3c3ccccc23)cc1. The average Bonchev–Trinajstić information content (AvgIpc) is 3.86. The van der Waals surface area contributed by atoms with Crippen LogP contribution in [-0.2, 0) is 0 Å². The van der Waals surface area contributed by atoms with Crippen molar-refractivity contribution < 1.29 is 4.42 Å². The van der Waals surface area contributed by atoms with Crippen LogP contribution in [0.2, 0.25) is 0 Å².